The lowest BCUT2D eigenvalue weighted by Crippen LogP contribution is -2.40. The fourth-order valence-corrected chi connectivity index (χ4v) is 2.84. The summed E-state index contributed by atoms with van der Waals surface area (Å²) in [7, 11) is 1.77. The Bertz CT molecular complexity index is 988. The van der Waals surface area contributed by atoms with Gasteiger partial charge >= 0.3 is 12.1 Å². The number of nitrogens with one attached hydrogen (secondary N) is 3. The van der Waals surface area contributed by atoms with Gasteiger partial charge in [0.1, 0.15) is 17.2 Å². The molecule has 2 rings (SSSR count). The van der Waals surface area contributed by atoms with Crippen molar-refractivity contribution in [2.75, 3.05) is 17.7 Å². The number of anilines is 2. The molecule has 0 spiro atoms. The molecule has 0 aliphatic heterocycles. The normalized spacial score (nSPS) is 12.3. The molecule has 0 aliphatic carbocycles. The number of hydrogen-bond donors (Lipinski definition) is 3. The Labute approximate surface area is 195 Å². The minimum atomic E-state index is -1.00. The number of esters is 1. The highest BCUT2D eigenvalue weighted by molar-refractivity contribution is 5.98. The van der Waals surface area contributed by atoms with E-state index in [9.17, 15) is 14.4 Å². The molecular formula is C25H33N3O5. The van der Waals surface area contributed by atoms with E-state index in [0.29, 0.717) is 16.8 Å². The average Bonchev–Trinajstić information content (AvgIpc) is 2.70. The Morgan fingerprint density at radius 1 is 0.818 bits per heavy atom. The van der Waals surface area contributed by atoms with Gasteiger partial charge in [-0.15, -0.1) is 0 Å². The van der Waals surface area contributed by atoms with E-state index in [-0.39, 0.29) is 0 Å². The first kappa shape index (κ1) is 25.7. The van der Waals surface area contributed by atoms with Gasteiger partial charge < -0.3 is 25.4 Å². The molecule has 0 saturated carbocycles. The van der Waals surface area contributed by atoms with E-state index < -0.39 is 35.2 Å². The van der Waals surface area contributed by atoms with Gasteiger partial charge in [0.2, 0.25) is 0 Å². The quantitative estimate of drug-likeness (QED) is 0.536. The number of rotatable bonds is 6. The zero-order valence-electron chi connectivity index (χ0n) is 20.2. The monoisotopic (exact) mass is 455 g/mol. The lowest BCUT2D eigenvalue weighted by atomic mass is 10.0. The highest BCUT2D eigenvalue weighted by Crippen LogP contribution is 2.21. The Balaban J connectivity index is 2.21. The van der Waals surface area contributed by atoms with Crippen LogP contribution in [0.25, 0.3) is 0 Å². The van der Waals surface area contributed by atoms with E-state index in [4.69, 9.17) is 9.47 Å². The first-order valence-corrected chi connectivity index (χ1v) is 10.7. The van der Waals surface area contributed by atoms with Gasteiger partial charge in [-0.1, -0.05) is 12.1 Å². The average molecular weight is 456 g/mol. The molecule has 2 aromatic rings. The number of amides is 2. The summed E-state index contributed by atoms with van der Waals surface area (Å²) in [4.78, 5) is 37.7. The van der Waals surface area contributed by atoms with E-state index in [0.717, 1.165) is 5.69 Å². The first-order valence-electron chi connectivity index (χ1n) is 10.7. The summed E-state index contributed by atoms with van der Waals surface area (Å²) < 4.78 is 10.7. The summed E-state index contributed by atoms with van der Waals surface area (Å²) in [5.74, 6) is -0.909. The van der Waals surface area contributed by atoms with Crippen molar-refractivity contribution in [2.24, 2.45) is 0 Å². The lowest BCUT2D eigenvalue weighted by Gasteiger charge is -2.24. The van der Waals surface area contributed by atoms with Crippen LogP contribution in [-0.4, -0.2) is 36.2 Å². The lowest BCUT2D eigenvalue weighted by molar-refractivity contribution is -0.118. The van der Waals surface area contributed by atoms with E-state index in [1.54, 1.807) is 91.1 Å². The highest BCUT2D eigenvalue weighted by Gasteiger charge is 2.26. The molecular weight excluding hydrogens is 422 g/mol. The number of carbonyl (C=O) groups is 3. The molecule has 0 unspecified atom stereocenters. The minimum Gasteiger partial charge on any atom is -0.456 e. The van der Waals surface area contributed by atoms with Crippen LogP contribution in [0.4, 0.5) is 16.2 Å². The van der Waals surface area contributed by atoms with Crippen LogP contribution in [0.5, 0.6) is 0 Å². The van der Waals surface area contributed by atoms with E-state index in [1.165, 1.54) is 0 Å². The molecule has 8 heteroatoms. The van der Waals surface area contributed by atoms with Crippen molar-refractivity contribution in [1.82, 2.24) is 5.32 Å². The predicted molar refractivity (Wildman–Crippen MR) is 128 cm³/mol. The molecule has 2 amide bonds. The van der Waals surface area contributed by atoms with Gasteiger partial charge in [0.15, 0.2) is 0 Å². The van der Waals surface area contributed by atoms with Gasteiger partial charge in [0.25, 0.3) is 5.91 Å². The zero-order valence-corrected chi connectivity index (χ0v) is 20.2. The van der Waals surface area contributed by atoms with Crippen LogP contribution in [0.2, 0.25) is 0 Å². The maximum atomic E-state index is 13.1. The minimum absolute atomic E-state index is 0.369. The van der Waals surface area contributed by atoms with Crippen LogP contribution in [0.3, 0.4) is 0 Å². The van der Waals surface area contributed by atoms with Crippen molar-refractivity contribution in [3.8, 4) is 0 Å². The van der Waals surface area contributed by atoms with Crippen LogP contribution in [0.15, 0.2) is 48.5 Å². The molecule has 2 aromatic carbocycles. The fourth-order valence-electron chi connectivity index (χ4n) is 2.84. The van der Waals surface area contributed by atoms with Crippen LogP contribution in [0, 0.1) is 0 Å². The molecule has 33 heavy (non-hydrogen) atoms. The second-order valence-electron chi connectivity index (χ2n) is 9.52. The van der Waals surface area contributed by atoms with Crippen LogP contribution in [-0.2, 0) is 14.3 Å². The van der Waals surface area contributed by atoms with Gasteiger partial charge in [0, 0.05) is 18.4 Å². The molecule has 0 saturated heterocycles. The third-order valence-corrected chi connectivity index (χ3v) is 4.22. The van der Waals surface area contributed by atoms with Gasteiger partial charge in [-0.3, -0.25) is 4.79 Å². The number of ether oxygens (including phenoxy) is 2. The Morgan fingerprint density at radius 2 is 1.42 bits per heavy atom. The number of carbonyl (C=O) groups excluding carboxylic acids is 3. The molecule has 0 bridgehead atoms. The molecule has 3 N–H and O–H groups in total. The Hall–Kier alpha value is -3.55. The van der Waals surface area contributed by atoms with Crippen LogP contribution >= 0.6 is 0 Å². The fraction of sp³-hybridized carbons (Fsp3) is 0.400. The van der Waals surface area contributed by atoms with E-state index in [2.05, 4.69) is 16.0 Å². The highest BCUT2D eigenvalue weighted by atomic mass is 16.6. The topological polar surface area (TPSA) is 106 Å². The largest absolute Gasteiger partial charge is 0.456 e. The number of benzene rings is 2. The summed E-state index contributed by atoms with van der Waals surface area (Å²) >= 11 is 0. The first-order chi connectivity index (χ1) is 15.3. The molecule has 8 nitrogen and oxygen atoms in total. The molecule has 0 radical (unpaired) electrons. The number of alkyl carbamates (subject to hydrolysis) is 1. The van der Waals surface area contributed by atoms with Crippen molar-refractivity contribution in [2.45, 2.75) is 58.8 Å². The van der Waals surface area contributed by atoms with Crippen molar-refractivity contribution < 1.29 is 23.9 Å². The third kappa shape index (κ3) is 8.48. The van der Waals surface area contributed by atoms with Crippen molar-refractivity contribution in [1.29, 1.82) is 0 Å². The summed E-state index contributed by atoms with van der Waals surface area (Å²) in [6.45, 7) is 10.6. The smallest absolute Gasteiger partial charge is 0.408 e. The standard InChI is InChI=1S/C25H33N3O5/c1-24(2,3)32-22(30)16-11-13-18(14-12-16)27-21(29)20(28-23(31)33-25(4,5)6)17-9-8-10-19(15-17)26-7/h8-15,20,26H,1-7H3,(H,27,29)(H,28,31)/t20-/m0/s1. The van der Waals surface area contributed by atoms with Crippen LogP contribution < -0.4 is 16.0 Å². The predicted octanol–water partition coefficient (Wildman–Crippen LogP) is 4.89. The Morgan fingerprint density at radius 3 is 1.97 bits per heavy atom. The van der Waals surface area contributed by atoms with Crippen molar-refractivity contribution >= 4 is 29.3 Å². The Kier molecular flexibility index (Phi) is 8.08. The molecule has 178 valence electrons. The SMILES string of the molecule is CNc1cccc([C@H](NC(=O)OC(C)(C)C)C(=O)Nc2ccc(C(=O)OC(C)(C)C)cc2)c1. The molecule has 1 atom stereocenters. The summed E-state index contributed by atoms with van der Waals surface area (Å²) in [6.07, 6.45) is -0.710. The maximum Gasteiger partial charge on any atom is 0.408 e. The van der Waals surface area contributed by atoms with E-state index >= 15 is 0 Å². The third-order valence-electron chi connectivity index (χ3n) is 4.22. The molecule has 0 fully saturated rings. The van der Waals surface area contributed by atoms with Gasteiger partial charge in [-0.25, -0.2) is 9.59 Å². The van der Waals surface area contributed by atoms with Gasteiger partial charge in [-0.05, 0) is 83.5 Å². The second kappa shape index (κ2) is 10.4. The molecule has 0 heterocycles. The zero-order chi connectivity index (χ0) is 24.8. The summed E-state index contributed by atoms with van der Waals surface area (Å²) in [5.41, 5.74) is 0.886. The van der Waals surface area contributed by atoms with Crippen molar-refractivity contribution in [3.05, 3.63) is 59.7 Å². The summed E-state index contributed by atoms with van der Waals surface area (Å²) in [5, 5.41) is 8.44. The second-order valence-corrected chi connectivity index (χ2v) is 9.52. The van der Waals surface area contributed by atoms with E-state index in [1.807, 2.05) is 6.07 Å². The summed E-state index contributed by atoms with van der Waals surface area (Å²) in [6, 6.07) is 12.5. The molecule has 0 aliphatic rings. The number of hydrogen-bond acceptors (Lipinski definition) is 6. The van der Waals surface area contributed by atoms with Gasteiger partial charge in [0.05, 0.1) is 5.56 Å². The van der Waals surface area contributed by atoms with Crippen molar-refractivity contribution in [3.63, 3.8) is 0 Å². The molecule has 0 aromatic heterocycles. The van der Waals surface area contributed by atoms with Crippen LogP contribution in [0.1, 0.15) is 63.5 Å². The maximum absolute atomic E-state index is 13.1. The van der Waals surface area contributed by atoms with Gasteiger partial charge in [-0.2, -0.15) is 0 Å².